The first kappa shape index (κ1) is 22.6. The molecule has 1 aliphatic carbocycles. The third kappa shape index (κ3) is 4.72. The van der Waals surface area contributed by atoms with E-state index in [0.717, 1.165) is 63.1 Å². The van der Waals surface area contributed by atoms with Gasteiger partial charge in [0.1, 0.15) is 10.8 Å². The summed E-state index contributed by atoms with van der Waals surface area (Å²) in [5.74, 6) is 0.189. The number of benzene rings is 2. The highest BCUT2D eigenvalue weighted by atomic mass is 32.1. The van der Waals surface area contributed by atoms with E-state index >= 15 is 0 Å². The van der Waals surface area contributed by atoms with Gasteiger partial charge >= 0.3 is 0 Å². The Kier molecular flexibility index (Phi) is 6.65. The van der Waals surface area contributed by atoms with Crippen LogP contribution in [-0.2, 0) is 17.6 Å². The number of amides is 1. The van der Waals surface area contributed by atoms with Crippen molar-refractivity contribution in [3.63, 3.8) is 0 Å². The van der Waals surface area contributed by atoms with E-state index in [1.54, 1.807) is 17.4 Å². The van der Waals surface area contributed by atoms with Gasteiger partial charge in [-0.3, -0.25) is 14.5 Å². The van der Waals surface area contributed by atoms with Gasteiger partial charge in [0.2, 0.25) is 5.91 Å². The number of phenolic OH excluding ortho intramolecular Hbond substituents is 1. The average Bonchev–Trinajstić information content (AvgIpc) is 3.22. The first-order valence-electron chi connectivity index (χ1n) is 11.9. The molecule has 6 nitrogen and oxygen atoms in total. The average molecular weight is 476 g/mol. The summed E-state index contributed by atoms with van der Waals surface area (Å²) in [6.07, 6.45) is 4.07. The number of piperazine rings is 1. The van der Waals surface area contributed by atoms with E-state index in [4.69, 9.17) is 0 Å². The normalized spacial score (nSPS) is 16.2. The number of rotatable bonds is 6. The number of anilines is 2. The smallest absolute Gasteiger partial charge is 0.239 e. The van der Waals surface area contributed by atoms with Crippen LogP contribution >= 0.6 is 11.3 Å². The topological polar surface area (TPSA) is 72.9 Å². The van der Waals surface area contributed by atoms with Gasteiger partial charge in [-0.05, 0) is 43.4 Å². The number of aryl methyl sites for hydroxylation is 1. The Bertz CT molecular complexity index is 1180. The zero-order valence-corrected chi connectivity index (χ0v) is 19.9. The highest BCUT2D eigenvalue weighted by molar-refractivity contribution is 7.17. The number of nitrogens with one attached hydrogen (secondary N) is 1. The van der Waals surface area contributed by atoms with Crippen molar-refractivity contribution in [1.82, 2.24) is 4.90 Å². The van der Waals surface area contributed by atoms with E-state index < -0.39 is 0 Å². The number of thiophene rings is 1. The van der Waals surface area contributed by atoms with Gasteiger partial charge in [-0.25, -0.2) is 0 Å². The molecule has 5 rings (SSSR count). The van der Waals surface area contributed by atoms with Crippen LogP contribution in [0.5, 0.6) is 5.75 Å². The second-order valence-corrected chi connectivity index (χ2v) is 10.0. The second kappa shape index (κ2) is 9.99. The van der Waals surface area contributed by atoms with Crippen molar-refractivity contribution in [3.8, 4) is 5.75 Å². The second-order valence-electron chi connectivity index (χ2n) is 8.91. The van der Waals surface area contributed by atoms with Gasteiger partial charge in [0.15, 0.2) is 5.78 Å². The molecule has 0 radical (unpaired) electrons. The van der Waals surface area contributed by atoms with Crippen LogP contribution in [0.25, 0.3) is 0 Å². The van der Waals surface area contributed by atoms with Crippen molar-refractivity contribution >= 4 is 33.7 Å². The minimum absolute atomic E-state index is 0.00779. The van der Waals surface area contributed by atoms with E-state index in [1.165, 1.54) is 4.88 Å². The fraction of sp³-hybridized carbons (Fsp3) is 0.333. The van der Waals surface area contributed by atoms with Gasteiger partial charge in [0, 0.05) is 36.6 Å². The van der Waals surface area contributed by atoms with Crippen molar-refractivity contribution in [1.29, 1.82) is 0 Å². The van der Waals surface area contributed by atoms with E-state index in [9.17, 15) is 14.7 Å². The molecule has 176 valence electrons. The summed E-state index contributed by atoms with van der Waals surface area (Å²) in [5.41, 5.74) is 3.30. The van der Waals surface area contributed by atoms with Gasteiger partial charge < -0.3 is 15.3 Å². The molecule has 1 saturated heterocycles. The van der Waals surface area contributed by atoms with Crippen molar-refractivity contribution in [2.75, 3.05) is 42.9 Å². The number of fused-ring (bicyclic) bond motifs is 1. The van der Waals surface area contributed by atoms with Crippen LogP contribution in [0, 0.1) is 0 Å². The molecule has 3 aromatic rings. The Morgan fingerprint density at radius 1 is 0.912 bits per heavy atom. The molecular weight excluding hydrogens is 446 g/mol. The minimum Gasteiger partial charge on any atom is -0.506 e. The van der Waals surface area contributed by atoms with Crippen LogP contribution in [0.4, 0.5) is 10.7 Å². The van der Waals surface area contributed by atoms with Crippen LogP contribution in [0.15, 0.2) is 54.6 Å². The molecule has 0 spiro atoms. The number of phenols is 1. The number of ketones is 1. The van der Waals surface area contributed by atoms with Gasteiger partial charge in [0.05, 0.1) is 17.8 Å². The first-order valence-corrected chi connectivity index (χ1v) is 12.7. The van der Waals surface area contributed by atoms with Crippen molar-refractivity contribution < 1.29 is 14.7 Å². The molecule has 1 aliphatic heterocycles. The molecule has 1 aromatic heterocycles. The highest BCUT2D eigenvalue weighted by Gasteiger charge is 2.28. The molecular formula is C27H29N3O3S. The summed E-state index contributed by atoms with van der Waals surface area (Å²) >= 11 is 1.57. The molecule has 7 heteroatoms. The third-order valence-electron chi connectivity index (χ3n) is 6.65. The maximum absolute atomic E-state index is 13.4. The fourth-order valence-electron chi connectivity index (χ4n) is 4.88. The number of carbonyl (C=O) groups is 2. The summed E-state index contributed by atoms with van der Waals surface area (Å²) in [7, 11) is 0. The largest absolute Gasteiger partial charge is 0.506 e. The molecule has 2 aliphatic rings. The fourth-order valence-corrected chi connectivity index (χ4v) is 6.18. The lowest BCUT2D eigenvalue weighted by Gasteiger charge is -2.35. The Balaban J connectivity index is 1.27. The zero-order chi connectivity index (χ0) is 23.5. The molecule has 0 unspecified atom stereocenters. The van der Waals surface area contributed by atoms with E-state index in [-0.39, 0.29) is 24.0 Å². The molecule has 1 amide bonds. The third-order valence-corrected chi connectivity index (χ3v) is 7.86. The van der Waals surface area contributed by atoms with Gasteiger partial charge in [-0.1, -0.05) is 42.5 Å². The van der Waals surface area contributed by atoms with E-state index in [2.05, 4.69) is 15.1 Å². The first-order chi connectivity index (χ1) is 16.6. The van der Waals surface area contributed by atoms with E-state index in [0.29, 0.717) is 16.1 Å². The summed E-state index contributed by atoms with van der Waals surface area (Å²) in [6, 6.07) is 16.7. The molecule has 0 bridgehead atoms. The molecule has 2 heterocycles. The molecule has 2 aromatic carbocycles. The minimum atomic E-state index is -0.0864. The monoisotopic (exact) mass is 475 g/mol. The lowest BCUT2D eigenvalue weighted by atomic mass is 9.92. The van der Waals surface area contributed by atoms with Crippen molar-refractivity contribution in [3.05, 3.63) is 76.2 Å². The van der Waals surface area contributed by atoms with Gasteiger partial charge in [0.25, 0.3) is 0 Å². The number of hydrogen-bond donors (Lipinski definition) is 2. The quantitative estimate of drug-likeness (QED) is 0.520. The molecule has 2 N–H and O–H groups in total. The Morgan fingerprint density at radius 3 is 2.38 bits per heavy atom. The predicted octanol–water partition coefficient (Wildman–Crippen LogP) is 4.32. The van der Waals surface area contributed by atoms with E-state index in [1.807, 2.05) is 48.5 Å². The number of carbonyl (C=O) groups excluding carboxylic acids is 2. The Hall–Kier alpha value is -3.16. The summed E-state index contributed by atoms with van der Waals surface area (Å²) in [4.78, 5) is 31.9. The Labute approximate surface area is 203 Å². The lowest BCUT2D eigenvalue weighted by Crippen LogP contribution is -2.48. The van der Waals surface area contributed by atoms with Crippen molar-refractivity contribution in [2.45, 2.75) is 25.7 Å². The van der Waals surface area contributed by atoms with Crippen molar-refractivity contribution in [2.24, 2.45) is 0 Å². The summed E-state index contributed by atoms with van der Waals surface area (Å²) in [5, 5.41) is 13.9. The van der Waals surface area contributed by atoms with Crippen LogP contribution in [0.1, 0.15) is 39.2 Å². The van der Waals surface area contributed by atoms with Crippen LogP contribution in [0.2, 0.25) is 0 Å². The number of nitrogens with zero attached hydrogens (tertiary/aromatic N) is 2. The van der Waals surface area contributed by atoms with Crippen LogP contribution in [0.3, 0.4) is 0 Å². The number of hydrogen-bond acceptors (Lipinski definition) is 6. The Morgan fingerprint density at radius 2 is 1.62 bits per heavy atom. The molecule has 34 heavy (non-hydrogen) atoms. The van der Waals surface area contributed by atoms with Crippen LogP contribution < -0.4 is 10.2 Å². The molecule has 0 atom stereocenters. The maximum Gasteiger partial charge on any atom is 0.239 e. The lowest BCUT2D eigenvalue weighted by molar-refractivity contribution is -0.117. The van der Waals surface area contributed by atoms with Gasteiger partial charge in [-0.2, -0.15) is 0 Å². The number of aromatic hydroxyl groups is 1. The standard InChI is InChI=1S/C27H29N3O3S/c31-22-12-6-5-11-21(22)30-16-14-29(15-17-30)18-24(32)28-27-25(20-10-4-7-13-23(20)34-27)26(33)19-8-2-1-3-9-19/h1-3,5-6,8-9,11-12,31H,4,7,10,13-18H2,(H,28,32). The predicted molar refractivity (Wildman–Crippen MR) is 136 cm³/mol. The highest BCUT2D eigenvalue weighted by Crippen LogP contribution is 2.39. The SMILES string of the molecule is O=C(CN1CCN(c2ccccc2O)CC1)Nc1sc2c(c1C(=O)c1ccccc1)CCCC2. The maximum atomic E-state index is 13.4. The van der Waals surface area contributed by atoms with Crippen LogP contribution in [-0.4, -0.2) is 54.4 Å². The summed E-state index contributed by atoms with van der Waals surface area (Å²) in [6.45, 7) is 3.25. The summed E-state index contributed by atoms with van der Waals surface area (Å²) < 4.78 is 0. The molecule has 1 fully saturated rings. The van der Waals surface area contributed by atoms with Gasteiger partial charge in [-0.15, -0.1) is 11.3 Å². The number of para-hydroxylation sites is 2. The zero-order valence-electron chi connectivity index (χ0n) is 19.1. The molecule has 0 saturated carbocycles.